The van der Waals surface area contributed by atoms with Crippen LogP contribution < -0.4 is 0 Å². The summed E-state index contributed by atoms with van der Waals surface area (Å²) >= 11 is 0. The molecule has 0 spiro atoms. The second-order valence-corrected chi connectivity index (χ2v) is 10.4. The smallest absolute Gasteiger partial charge is 0.241 e. The molecule has 0 bridgehead atoms. The van der Waals surface area contributed by atoms with Crippen molar-refractivity contribution < 1.29 is 4.43 Å². The van der Waals surface area contributed by atoms with E-state index in [1.165, 1.54) is 51.4 Å². The van der Waals surface area contributed by atoms with Gasteiger partial charge in [-0.15, -0.1) is 0 Å². The Labute approximate surface area is 115 Å². The van der Waals surface area contributed by atoms with Crippen molar-refractivity contribution >= 4 is 8.32 Å². The number of hydrogen-bond donors (Lipinski definition) is 0. The molecule has 0 aliphatic carbocycles. The van der Waals surface area contributed by atoms with Gasteiger partial charge in [0.2, 0.25) is 8.32 Å². The fourth-order valence-electron chi connectivity index (χ4n) is 1.68. The first-order valence-corrected chi connectivity index (χ1v) is 11.0. The van der Waals surface area contributed by atoms with E-state index >= 15 is 0 Å². The normalized spacial score (nSPS) is 12.7. The Hall–Kier alpha value is -0.503. The van der Waals surface area contributed by atoms with Gasteiger partial charge in [-0.3, -0.25) is 0 Å². The average molecular weight is 269 g/mol. The highest BCUT2D eigenvalue weighted by atomic mass is 28.4. The predicted octanol–water partition coefficient (Wildman–Crippen LogP) is 6.05. The van der Waals surface area contributed by atoms with Crippen LogP contribution in [-0.2, 0) is 4.43 Å². The fraction of sp³-hybridized carbons (Fsp3) is 0.750. The third-order valence-electron chi connectivity index (χ3n) is 2.72. The molecule has 0 aromatic rings. The lowest BCUT2D eigenvalue weighted by Gasteiger charge is -2.14. The summed E-state index contributed by atoms with van der Waals surface area (Å²) in [7, 11) is -1.38. The first-order valence-electron chi connectivity index (χ1n) is 7.56. The Kier molecular flexibility index (Phi) is 11.3. The van der Waals surface area contributed by atoms with E-state index in [0.29, 0.717) is 0 Å². The summed E-state index contributed by atoms with van der Waals surface area (Å²) in [6, 6.07) is 0. The van der Waals surface area contributed by atoms with Gasteiger partial charge in [-0.05, 0) is 38.6 Å². The topological polar surface area (TPSA) is 9.23 Å². The van der Waals surface area contributed by atoms with Crippen molar-refractivity contribution in [3.63, 3.8) is 0 Å². The summed E-state index contributed by atoms with van der Waals surface area (Å²) in [5, 5.41) is 0. The SMILES string of the molecule is CCCCCCCCC/C=C/C=C/O[Si](C)(C)C. The summed E-state index contributed by atoms with van der Waals surface area (Å²) in [6.45, 7) is 8.85. The van der Waals surface area contributed by atoms with Crippen molar-refractivity contribution in [3.05, 3.63) is 24.5 Å². The highest BCUT2D eigenvalue weighted by molar-refractivity contribution is 6.69. The molecule has 0 amide bonds. The van der Waals surface area contributed by atoms with Gasteiger partial charge in [0.25, 0.3) is 0 Å². The molecule has 106 valence electrons. The Morgan fingerprint density at radius 3 is 2.06 bits per heavy atom. The van der Waals surface area contributed by atoms with Crippen LogP contribution in [0.4, 0.5) is 0 Å². The minimum Gasteiger partial charge on any atom is -0.550 e. The molecule has 0 saturated carbocycles. The van der Waals surface area contributed by atoms with Gasteiger partial charge in [-0.25, -0.2) is 0 Å². The molecule has 0 unspecified atom stereocenters. The molecular formula is C16H32OSi. The molecule has 0 rings (SSSR count). The van der Waals surface area contributed by atoms with Crippen LogP contribution in [0.15, 0.2) is 24.5 Å². The number of allylic oxidation sites excluding steroid dienone is 3. The quantitative estimate of drug-likeness (QED) is 0.192. The van der Waals surface area contributed by atoms with Crippen LogP contribution in [0.25, 0.3) is 0 Å². The van der Waals surface area contributed by atoms with Crippen molar-refractivity contribution in [1.29, 1.82) is 0 Å². The molecule has 0 aromatic carbocycles. The van der Waals surface area contributed by atoms with Gasteiger partial charge < -0.3 is 4.43 Å². The predicted molar refractivity (Wildman–Crippen MR) is 85.3 cm³/mol. The third-order valence-corrected chi connectivity index (χ3v) is 3.56. The van der Waals surface area contributed by atoms with E-state index in [1.54, 1.807) is 0 Å². The molecule has 1 nitrogen and oxygen atoms in total. The van der Waals surface area contributed by atoms with Crippen LogP contribution in [0.2, 0.25) is 19.6 Å². The van der Waals surface area contributed by atoms with Crippen LogP contribution >= 0.6 is 0 Å². The van der Waals surface area contributed by atoms with Gasteiger partial charge >= 0.3 is 0 Å². The molecule has 0 atom stereocenters. The third kappa shape index (κ3) is 15.5. The lowest BCUT2D eigenvalue weighted by molar-refractivity contribution is 0.479. The van der Waals surface area contributed by atoms with E-state index < -0.39 is 8.32 Å². The number of unbranched alkanes of at least 4 members (excludes halogenated alkanes) is 7. The maximum atomic E-state index is 5.62. The molecular weight excluding hydrogens is 236 g/mol. The van der Waals surface area contributed by atoms with Gasteiger partial charge in [0, 0.05) is 0 Å². The molecule has 0 aromatic heterocycles. The second-order valence-electron chi connectivity index (χ2n) is 5.90. The van der Waals surface area contributed by atoms with Gasteiger partial charge in [0.15, 0.2) is 0 Å². The highest BCUT2D eigenvalue weighted by Crippen LogP contribution is 2.08. The maximum Gasteiger partial charge on any atom is 0.241 e. The van der Waals surface area contributed by atoms with Crippen LogP contribution in [0.3, 0.4) is 0 Å². The molecule has 0 heterocycles. The average Bonchev–Trinajstić information content (AvgIpc) is 2.29. The van der Waals surface area contributed by atoms with Crippen molar-refractivity contribution in [1.82, 2.24) is 0 Å². The molecule has 0 aliphatic rings. The van der Waals surface area contributed by atoms with Crippen LogP contribution in [-0.4, -0.2) is 8.32 Å². The standard InChI is InChI=1S/C16H32OSi/c1-5-6-7-8-9-10-11-12-13-14-15-16-17-18(2,3)4/h13-16H,5-12H2,1-4H3/b14-13+,16-15+. The first-order chi connectivity index (χ1) is 8.56. The van der Waals surface area contributed by atoms with E-state index in [-0.39, 0.29) is 0 Å². The maximum absolute atomic E-state index is 5.62. The first kappa shape index (κ1) is 17.5. The van der Waals surface area contributed by atoms with Crippen molar-refractivity contribution in [2.75, 3.05) is 0 Å². The molecule has 0 N–H and O–H groups in total. The summed E-state index contributed by atoms with van der Waals surface area (Å²) in [5.41, 5.74) is 0. The zero-order valence-corrected chi connectivity index (χ0v) is 13.9. The molecule has 0 saturated heterocycles. The van der Waals surface area contributed by atoms with E-state index in [4.69, 9.17) is 4.43 Å². The van der Waals surface area contributed by atoms with Crippen LogP contribution in [0, 0.1) is 0 Å². The Morgan fingerprint density at radius 1 is 0.833 bits per heavy atom. The monoisotopic (exact) mass is 268 g/mol. The van der Waals surface area contributed by atoms with Gasteiger partial charge in [-0.1, -0.05) is 57.6 Å². The van der Waals surface area contributed by atoms with E-state index in [1.807, 2.05) is 12.3 Å². The largest absolute Gasteiger partial charge is 0.550 e. The van der Waals surface area contributed by atoms with Crippen LogP contribution in [0.5, 0.6) is 0 Å². The van der Waals surface area contributed by atoms with Crippen molar-refractivity contribution in [2.45, 2.75) is 77.9 Å². The Morgan fingerprint density at radius 2 is 1.44 bits per heavy atom. The Bertz CT molecular complexity index is 226. The second kappa shape index (κ2) is 11.6. The zero-order valence-electron chi connectivity index (χ0n) is 12.9. The van der Waals surface area contributed by atoms with E-state index in [2.05, 4.69) is 38.7 Å². The van der Waals surface area contributed by atoms with E-state index in [0.717, 1.165) is 0 Å². The number of hydrogen-bond acceptors (Lipinski definition) is 1. The summed E-state index contributed by atoms with van der Waals surface area (Å²) in [5.74, 6) is 0. The van der Waals surface area contributed by atoms with Gasteiger partial charge in [0.1, 0.15) is 0 Å². The van der Waals surface area contributed by atoms with Gasteiger partial charge in [0.05, 0.1) is 6.26 Å². The lowest BCUT2D eigenvalue weighted by atomic mass is 10.1. The Balaban J connectivity index is 3.28. The van der Waals surface area contributed by atoms with Crippen molar-refractivity contribution in [3.8, 4) is 0 Å². The minimum atomic E-state index is -1.38. The summed E-state index contributed by atoms with van der Waals surface area (Å²) < 4.78 is 5.62. The highest BCUT2D eigenvalue weighted by Gasteiger charge is 2.12. The number of rotatable bonds is 11. The minimum absolute atomic E-state index is 1.20. The molecule has 0 aliphatic heterocycles. The van der Waals surface area contributed by atoms with E-state index in [9.17, 15) is 0 Å². The lowest BCUT2D eigenvalue weighted by Crippen LogP contribution is -2.21. The van der Waals surface area contributed by atoms with Crippen LogP contribution in [0.1, 0.15) is 58.3 Å². The molecule has 0 fully saturated rings. The molecule has 2 heteroatoms. The summed E-state index contributed by atoms with van der Waals surface area (Å²) in [6.07, 6.45) is 19.1. The van der Waals surface area contributed by atoms with Gasteiger partial charge in [-0.2, -0.15) is 0 Å². The molecule has 0 radical (unpaired) electrons. The molecule has 18 heavy (non-hydrogen) atoms. The zero-order chi connectivity index (χ0) is 13.7. The summed E-state index contributed by atoms with van der Waals surface area (Å²) in [4.78, 5) is 0. The fourth-order valence-corrected chi connectivity index (χ4v) is 2.17. The van der Waals surface area contributed by atoms with Crippen molar-refractivity contribution in [2.24, 2.45) is 0 Å².